The zero-order valence-electron chi connectivity index (χ0n) is 10.5. The molecule has 0 radical (unpaired) electrons. The van der Waals surface area contributed by atoms with Gasteiger partial charge in [0.2, 0.25) is 0 Å². The van der Waals surface area contributed by atoms with Gasteiger partial charge in [0.1, 0.15) is 0 Å². The molecule has 1 aromatic carbocycles. The van der Waals surface area contributed by atoms with Gasteiger partial charge in [-0.15, -0.1) is 0 Å². The van der Waals surface area contributed by atoms with E-state index < -0.39 is 0 Å². The zero-order chi connectivity index (χ0) is 12.0. The lowest BCUT2D eigenvalue weighted by Gasteiger charge is -2.27. The Hall–Kier alpha value is -0.0900. The monoisotopic (exact) mass is 331 g/mol. The number of hydrogen-bond acceptors (Lipinski definition) is 1. The lowest BCUT2D eigenvalue weighted by Crippen LogP contribution is -2.28. The quantitative estimate of drug-likeness (QED) is 0.763. The molecule has 0 aliphatic rings. The van der Waals surface area contributed by atoms with Crippen LogP contribution in [0.25, 0.3) is 0 Å². The van der Waals surface area contributed by atoms with E-state index in [4.69, 9.17) is 0 Å². The lowest BCUT2D eigenvalue weighted by atomic mass is 9.89. The minimum Gasteiger partial charge on any atom is -0.310 e. The third-order valence-electron chi connectivity index (χ3n) is 3.18. The Labute approximate surface area is 113 Å². The number of benzene rings is 1. The first-order valence-corrected chi connectivity index (χ1v) is 7.30. The lowest BCUT2D eigenvalue weighted by molar-refractivity contribution is 0.345. The minimum absolute atomic E-state index is 0.508. The summed E-state index contributed by atoms with van der Waals surface area (Å²) < 4.78 is 1.37. The SMILES string of the molecule is CCNC(c1ccccc1I)C(CC)CC. The van der Waals surface area contributed by atoms with Gasteiger partial charge in [-0.1, -0.05) is 51.8 Å². The van der Waals surface area contributed by atoms with Crippen LogP contribution in [0.1, 0.15) is 45.2 Å². The molecule has 0 heterocycles. The molecule has 1 atom stereocenters. The van der Waals surface area contributed by atoms with Gasteiger partial charge in [-0.05, 0) is 46.7 Å². The third kappa shape index (κ3) is 3.45. The second kappa shape index (κ2) is 7.28. The maximum Gasteiger partial charge on any atom is 0.0358 e. The van der Waals surface area contributed by atoms with Crippen molar-refractivity contribution >= 4 is 22.6 Å². The van der Waals surface area contributed by atoms with Crippen LogP contribution in [-0.4, -0.2) is 6.54 Å². The molecule has 1 unspecified atom stereocenters. The second-order valence-corrected chi connectivity index (χ2v) is 5.30. The van der Waals surface area contributed by atoms with E-state index in [0.29, 0.717) is 6.04 Å². The molecule has 0 aliphatic carbocycles. The van der Waals surface area contributed by atoms with Gasteiger partial charge in [0.25, 0.3) is 0 Å². The van der Waals surface area contributed by atoms with Gasteiger partial charge in [-0.3, -0.25) is 0 Å². The van der Waals surface area contributed by atoms with E-state index in [1.54, 1.807) is 0 Å². The second-order valence-electron chi connectivity index (χ2n) is 4.13. The van der Waals surface area contributed by atoms with Crippen LogP contribution in [0.5, 0.6) is 0 Å². The van der Waals surface area contributed by atoms with E-state index in [2.05, 4.69) is 72.9 Å². The summed E-state index contributed by atoms with van der Waals surface area (Å²) in [6, 6.07) is 9.22. The topological polar surface area (TPSA) is 12.0 Å². The van der Waals surface area contributed by atoms with Gasteiger partial charge in [0.05, 0.1) is 0 Å². The smallest absolute Gasteiger partial charge is 0.0358 e. The maximum absolute atomic E-state index is 3.64. The van der Waals surface area contributed by atoms with Crippen molar-refractivity contribution in [3.05, 3.63) is 33.4 Å². The van der Waals surface area contributed by atoms with Crippen LogP contribution in [0.2, 0.25) is 0 Å². The third-order valence-corrected chi connectivity index (χ3v) is 4.17. The van der Waals surface area contributed by atoms with Gasteiger partial charge in [0, 0.05) is 9.61 Å². The normalized spacial score (nSPS) is 13.1. The average Bonchev–Trinajstić information content (AvgIpc) is 2.30. The highest BCUT2D eigenvalue weighted by Crippen LogP contribution is 2.30. The highest BCUT2D eigenvalue weighted by molar-refractivity contribution is 14.1. The Bertz CT molecular complexity index is 307. The molecule has 1 nitrogen and oxygen atoms in total. The van der Waals surface area contributed by atoms with E-state index in [9.17, 15) is 0 Å². The number of rotatable bonds is 6. The molecule has 1 aromatic rings. The van der Waals surface area contributed by atoms with Crippen molar-refractivity contribution < 1.29 is 0 Å². The first kappa shape index (κ1) is 14.0. The van der Waals surface area contributed by atoms with E-state index in [-0.39, 0.29) is 0 Å². The minimum atomic E-state index is 0.508. The van der Waals surface area contributed by atoms with Crippen molar-refractivity contribution in [2.75, 3.05) is 6.54 Å². The number of nitrogens with one attached hydrogen (secondary N) is 1. The molecular formula is C14H22IN. The molecule has 0 aliphatic heterocycles. The van der Waals surface area contributed by atoms with Gasteiger partial charge < -0.3 is 5.32 Å². The van der Waals surface area contributed by atoms with Crippen LogP contribution in [0.3, 0.4) is 0 Å². The standard InChI is InChI=1S/C14H22IN/c1-4-11(5-2)14(16-6-3)12-9-7-8-10-13(12)15/h7-11,14,16H,4-6H2,1-3H3. The molecule has 0 bridgehead atoms. The summed E-state index contributed by atoms with van der Waals surface area (Å²) in [5.74, 6) is 0.732. The van der Waals surface area contributed by atoms with Crippen LogP contribution < -0.4 is 5.32 Å². The summed E-state index contributed by atoms with van der Waals surface area (Å²) in [4.78, 5) is 0. The molecule has 16 heavy (non-hydrogen) atoms. The predicted molar refractivity (Wildman–Crippen MR) is 79.6 cm³/mol. The molecule has 0 saturated carbocycles. The van der Waals surface area contributed by atoms with Crippen LogP contribution >= 0.6 is 22.6 Å². The van der Waals surface area contributed by atoms with E-state index >= 15 is 0 Å². The summed E-state index contributed by atoms with van der Waals surface area (Å²) in [5.41, 5.74) is 1.46. The summed E-state index contributed by atoms with van der Waals surface area (Å²) in [6.45, 7) is 7.79. The maximum atomic E-state index is 3.64. The Morgan fingerprint density at radius 1 is 1.12 bits per heavy atom. The number of halogens is 1. The van der Waals surface area contributed by atoms with E-state index in [1.165, 1.54) is 22.0 Å². The fourth-order valence-electron chi connectivity index (χ4n) is 2.24. The summed E-state index contributed by atoms with van der Waals surface area (Å²) in [5, 5.41) is 3.64. The van der Waals surface area contributed by atoms with Crippen molar-refractivity contribution in [1.82, 2.24) is 5.32 Å². The largest absolute Gasteiger partial charge is 0.310 e. The Morgan fingerprint density at radius 2 is 1.75 bits per heavy atom. The van der Waals surface area contributed by atoms with Crippen LogP contribution in [-0.2, 0) is 0 Å². The molecule has 90 valence electrons. The van der Waals surface area contributed by atoms with Crippen LogP contribution in [0, 0.1) is 9.49 Å². The molecule has 0 amide bonds. The zero-order valence-corrected chi connectivity index (χ0v) is 12.6. The van der Waals surface area contributed by atoms with Gasteiger partial charge in [0.15, 0.2) is 0 Å². The fourth-order valence-corrected chi connectivity index (χ4v) is 2.96. The molecule has 1 rings (SSSR count). The van der Waals surface area contributed by atoms with Gasteiger partial charge in [-0.25, -0.2) is 0 Å². The van der Waals surface area contributed by atoms with Gasteiger partial charge >= 0.3 is 0 Å². The van der Waals surface area contributed by atoms with Crippen molar-refractivity contribution in [3.8, 4) is 0 Å². The van der Waals surface area contributed by atoms with Crippen LogP contribution in [0.15, 0.2) is 24.3 Å². The van der Waals surface area contributed by atoms with Crippen molar-refractivity contribution in [3.63, 3.8) is 0 Å². The van der Waals surface area contributed by atoms with E-state index in [0.717, 1.165) is 12.5 Å². The number of hydrogen-bond donors (Lipinski definition) is 1. The summed E-state index contributed by atoms with van der Waals surface area (Å²) >= 11 is 2.44. The molecular weight excluding hydrogens is 309 g/mol. The Morgan fingerprint density at radius 3 is 2.25 bits per heavy atom. The van der Waals surface area contributed by atoms with Crippen molar-refractivity contribution in [2.45, 2.75) is 39.7 Å². The van der Waals surface area contributed by atoms with Crippen molar-refractivity contribution in [1.29, 1.82) is 0 Å². The molecule has 0 spiro atoms. The van der Waals surface area contributed by atoms with Crippen LogP contribution in [0.4, 0.5) is 0 Å². The highest BCUT2D eigenvalue weighted by Gasteiger charge is 2.20. The molecule has 1 N–H and O–H groups in total. The fraction of sp³-hybridized carbons (Fsp3) is 0.571. The van der Waals surface area contributed by atoms with E-state index in [1.807, 2.05) is 0 Å². The molecule has 0 aromatic heterocycles. The summed E-state index contributed by atoms with van der Waals surface area (Å²) in [6.07, 6.45) is 2.47. The highest BCUT2D eigenvalue weighted by atomic mass is 127. The molecule has 0 saturated heterocycles. The Balaban J connectivity index is 2.97. The first-order valence-electron chi connectivity index (χ1n) is 6.22. The summed E-state index contributed by atoms with van der Waals surface area (Å²) in [7, 11) is 0. The molecule has 0 fully saturated rings. The van der Waals surface area contributed by atoms with Crippen molar-refractivity contribution in [2.24, 2.45) is 5.92 Å². The average molecular weight is 331 g/mol. The first-order chi connectivity index (χ1) is 7.74. The molecule has 2 heteroatoms. The Kier molecular flexibility index (Phi) is 6.36. The predicted octanol–water partition coefficient (Wildman–Crippen LogP) is 4.38. The van der Waals surface area contributed by atoms with Gasteiger partial charge in [-0.2, -0.15) is 0 Å².